The van der Waals surface area contributed by atoms with Crippen molar-refractivity contribution < 1.29 is 19.7 Å². The van der Waals surface area contributed by atoms with Gasteiger partial charge in [-0.15, -0.1) is 0 Å². The standard InChI is InChI=1S/C20H18O5/c1-11(2)3-4-12-7-15(18(23)9-17(12)22)16-10-25-19-8-13(21)5-6-14(19)20(16)24/h3,5-10,21-23H,4H2,1-2H3. The predicted molar refractivity (Wildman–Crippen MR) is 96.0 cm³/mol. The van der Waals surface area contributed by atoms with Crippen LogP contribution in [0.5, 0.6) is 17.2 Å². The van der Waals surface area contributed by atoms with E-state index in [1.54, 1.807) is 6.07 Å². The molecule has 0 aliphatic rings. The molecule has 0 spiro atoms. The molecule has 0 saturated heterocycles. The van der Waals surface area contributed by atoms with E-state index in [4.69, 9.17) is 4.42 Å². The van der Waals surface area contributed by atoms with Crippen molar-refractivity contribution in [3.63, 3.8) is 0 Å². The van der Waals surface area contributed by atoms with Gasteiger partial charge < -0.3 is 19.7 Å². The van der Waals surface area contributed by atoms with Gasteiger partial charge in [0.1, 0.15) is 29.1 Å². The van der Waals surface area contributed by atoms with Crippen LogP contribution >= 0.6 is 0 Å². The molecule has 128 valence electrons. The second-order valence-electron chi connectivity index (χ2n) is 6.14. The van der Waals surface area contributed by atoms with Crippen LogP contribution in [-0.2, 0) is 6.42 Å². The molecule has 3 aromatic rings. The Bertz CT molecular complexity index is 1040. The Morgan fingerprint density at radius 1 is 1.04 bits per heavy atom. The van der Waals surface area contributed by atoms with Crippen molar-refractivity contribution in [1.29, 1.82) is 0 Å². The van der Waals surface area contributed by atoms with Gasteiger partial charge in [0.05, 0.1) is 10.9 Å². The summed E-state index contributed by atoms with van der Waals surface area (Å²) in [6.07, 6.45) is 3.68. The van der Waals surface area contributed by atoms with Crippen LogP contribution in [0, 0.1) is 0 Å². The maximum Gasteiger partial charge on any atom is 0.200 e. The number of phenols is 3. The first kappa shape index (κ1) is 16.6. The molecule has 1 heterocycles. The van der Waals surface area contributed by atoms with Gasteiger partial charge in [-0.25, -0.2) is 0 Å². The minimum Gasteiger partial charge on any atom is -0.508 e. The molecular weight excluding hydrogens is 320 g/mol. The minimum absolute atomic E-state index is 0.000102. The minimum atomic E-state index is -0.324. The summed E-state index contributed by atoms with van der Waals surface area (Å²) >= 11 is 0. The molecule has 0 aliphatic heterocycles. The lowest BCUT2D eigenvalue weighted by Crippen LogP contribution is -2.05. The third-order valence-corrected chi connectivity index (χ3v) is 3.98. The monoisotopic (exact) mass is 338 g/mol. The highest BCUT2D eigenvalue weighted by molar-refractivity contribution is 5.84. The highest BCUT2D eigenvalue weighted by Crippen LogP contribution is 2.35. The summed E-state index contributed by atoms with van der Waals surface area (Å²) in [5.41, 5.74) is 2.11. The molecule has 5 heteroatoms. The van der Waals surface area contributed by atoms with E-state index in [1.165, 1.54) is 30.5 Å². The third kappa shape index (κ3) is 3.21. The highest BCUT2D eigenvalue weighted by Gasteiger charge is 2.15. The maximum atomic E-state index is 12.7. The van der Waals surface area contributed by atoms with E-state index in [2.05, 4.69) is 0 Å². The average Bonchev–Trinajstić information content (AvgIpc) is 2.55. The molecule has 0 bridgehead atoms. The molecule has 0 atom stereocenters. The molecule has 2 aromatic carbocycles. The molecule has 0 radical (unpaired) electrons. The van der Waals surface area contributed by atoms with E-state index in [9.17, 15) is 20.1 Å². The van der Waals surface area contributed by atoms with E-state index >= 15 is 0 Å². The fourth-order valence-corrected chi connectivity index (χ4v) is 2.62. The largest absolute Gasteiger partial charge is 0.508 e. The van der Waals surface area contributed by atoms with Gasteiger partial charge in [0, 0.05) is 17.7 Å². The summed E-state index contributed by atoms with van der Waals surface area (Å²) in [6, 6.07) is 7.05. The lowest BCUT2D eigenvalue weighted by molar-refractivity contribution is 0.448. The first-order valence-corrected chi connectivity index (χ1v) is 7.80. The van der Waals surface area contributed by atoms with Crippen molar-refractivity contribution in [2.75, 3.05) is 0 Å². The smallest absolute Gasteiger partial charge is 0.200 e. The predicted octanol–water partition coefficient (Wildman–Crippen LogP) is 4.09. The van der Waals surface area contributed by atoms with Crippen LogP contribution in [0.1, 0.15) is 19.4 Å². The SMILES string of the molecule is CC(C)=CCc1cc(-c2coc3cc(O)ccc3c2=O)c(O)cc1O. The molecule has 0 aliphatic carbocycles. The van der Waals surface area contributed by atoms with Gasteiger partial charge in [-0.1, -0.05) is 11.6 Å². The van der Waals surface area contributed by atoms with E-state index in [-0.39, 0.29) is 33.8 Å². The normalized spacial score (nSPS) is 10.8. The molecule has 1 aromatic heterocycles. The van der Waals surface area contributed by atoms with Gasteiger partial charge in [0.25, 0.3) is 0 Å². The Morgan fingerprint density at radius 3 is 2.52 bits per heavy atom. The van der Waals surface area contributed by atoms with Crippen molar-refractivity contribution in [3.05, 3.63) is 64.0 Å². The van der Waals surface area contributed by atoms with Crippen molar-refractivity contribution in [3.8, 4) is 28.4 Å². The molecule has 3 rings (SSSR count). The quantitative estimate of drug-likeness (QED) is 0.626. The molecule has 5 nitrogen and oxygen atoms in total. The summed E-state index contributed by atoms with van der Waals surface area (Å²) in [4.78, 5) is 12.7. The molecule has 0 amide bonds. The van der Waals surface area contributed by atoms with Crippen molar-refractivity contribution >= 4 is 11.0 Å². The number of phenolic OH excluding ortho intramolecular Hbond substituents is 3. The summed E-state index contributed by atoms with van der Waals surface area (Å²) in [7, 11) is 0. The number of rotatable bonds is 3. The van der Waals surface area contributed by atoms with Gasteiger partial charge in [-0.3, -0.25) is 4.79 Å². The average molecular weight is 338 g/mol. The van der Waals surface area contributed by atoms with E-state index in [0.29, 0.717) is 22.9 Å². The summed E-state index contributed by atoms with van der Waals surface area (Å²) in [6.45, 7) is 3.90. The van der Waals surface area contributed by atoms with E-state index < -0.39 is 0 Å². The Balaban J connectivity index is 2.19. The Hall–Kier alpha value is -3.21. The number of fused-ring (bicyclic) bond motifs is 1. The first-order valence-electron chi connectivity index (χ1n) is 7.80. The van der Waals surface area contributed by atoms with E-state index in [1.807, 2.05) is 19.9 Å². The van der Waals surface area contributed by atoms with Crippen LogP contribution in [0.3, 0.4) is 0 Å². The zero-order chi connectivity index (χ0) is 18.1. The van der Waals surface area contributed by atoms with Crippen LogP contribution in [0.15, 0.2) is 57.5 Å². The molecule has 0 saturated carbocycles. The van der Waals surface area contributed by atoms with Crippen LogP contribution in [0.4, 0.5) is 0 Å². The number of benzene rings is 2. The van der Waals surface area contributed by atoms with Crippen molar-refractivity contribution in [2.45, 2.75) is 20.3 Å². The lowest BCUT2D eigenvalue weighted by atomic mass is 9.99. The number of aromatic hydroxyl groups is 3. The molecule has 25 heavy (non-hydrogen) atoms. The first-order chi connectivity index (χ1) is 11.9. The maximum absolute atomic E-state index is 12.7. The fourth-order valence-electron chi connectivity index (χ4n) is 2.62. The second-order valence-corrected chi connectivity index (χ2v) is 6.14. The summed E-state index contributed by atoms with van der Waals surface area (Å²) in [5, 5.41) is 30.0. The topological polar surface area (TPSA) is 90.9 Å². The number of hydrogen-bond acceptors (Lipinski definition) is 5. The highest BCUT2D eigenvalue weighted by atomic mass is 16.3. The van der Waals surface area contributed by atoms with Gasteiger partial charge in [0.15, 0.2) is 0 Å². The van der Waals surface area contributed by atoms with Crippen LogP contribution in [-0.4, -0.2) is 15.3 Å². The third-order valence-electron chi connectivity index (χ3n) is 3.98. The number of hydrogen-bond donors (Lipinski definition) is 3. The Labute approximate surface area is 144 Å². The van der Waals surface area contributed by atoms with Crippen LogP contribution in [0.2, 0.25) is 0 Å². The van der Waals surface area contributed by atoms with Gasteiger partial charge in [0.2, 0.25) is 5.43 Å². The molecule has 3 N–H and O–H groups in total. The van der Waals surface area contributed by atoms with E-state index in [0.717, 1.165) is 5.57 Å². The molecule has 0 unspecified atom stereocenters. The van der Waals surface area contributed by atoms with Gasteiger partial charge in [-0.05, 0) is 44.0 Å². The second kappa shape index (κ2) is 6.36. The summed E-state index contributed by atoms with van der Waals surface area (Å²) < 4.78 is 5.44. The zero-order valence-electron chi connectivity index (χ0n) is 13.9. The lowest BCUT2D eigenvalue weighted by Gasteiger charge is -2.10. The summed E-state index contributed by atoms with van der Waals surface area (Å²) in [5.74, 6) is -0.238. The molecular formula is C20H18O5. The number of allylic oxidation sites excluding steroid dienone is 2. The Morgan fingerprint density at radius 2 is 1.80 bits per heavy atom. The van der Waals surface area contributed by atoms with Crippen LogP contribution < -0.4 is 5.43 Å². The zero-order valence-corrected chi connectivity index (χ0v) is 13.9. The van der Waals surface area contributed by atoms with Gasteiger partial charge >= 0.3 is 0 Å². The Kier molecular flexibility index (Phi) is 4.23. The van der Waals surface area contributed by atoms with Crippen molar-refractivity contribution in [2.24, 2.45) is 0 Å². The van der Waals surface area contributed by atoms with Crippen molar-refractivity contribution in [1.82, 2.24) is 0 Å². The van der Waals surface area contributed by atoms with Gasteiger partial charge in [-0.2, -0.15) is 0 Å². The molecule has 0 fully saturated rings. The fraction of sp³-hybridized carbons (Fsp3) is 0.150. The van der Waals surface area contributed by atoms with Crippen LogP contribution in [0.25, 0.3) is 22.1 Å².